The summed E-state index contributed by atoms with van der Waals surface area (Å²) in [7, 11) is 0. The van der Waals surface area contributed by atoms with E-state index in [0.29, 0.717) is 57.1 Å². The van der Waals surface area contributed by atoms with Crippen molar-refractivity contribution in [1.82, 2.24) is 10.6 Å². The Kier molecular flexibility index (Phi) is 30.0. The fourth-order valence-corrected chi connectivity index (χ4v) is 19.6. The molecular weight excluding hydrogens is 1570 g/mol. The van der Waals surface area contributed by atoms with Gasteiger partial charge in [0.2, 0.25) is 0 Å². The lowest BCUT2D eigenvalue weighted by Crippen LogP contribution is -2.57. The normalized spacial score (nSPS) is 21.2. The summed E-state index contributed by atoms with van der Waals surface area (Å²) in [6, 6.07) is 71.2. The van der Waals surface area contributed by atoms with Crippen LogP contribution in [0.4, 0.5) is 36.2 Å². The van der Waals surface area contributed by atoms with Crippen LogP contribution in [-0.4, -0.2) is 70.6 Å². The van der Waals surface area contributed by atoms with Crippen molar-refractivity contribution in [3.8, 4) is 17.2 Å². The number of aryl methyl sites for hydroxylation is 3. The number of fused-ring (bicyclic) bond motifs is 12. The average molecular weight is 1690 g/mol. The van der Waals surface area contributed by atoms with Crippen LogP contribution in [0.5, 0.6) is 17.2 Å². The molecular formula is C104H116N6O15. The SMILES string of the molecule is C[C@@]12CCCCC[C@@H](Cc3ccc(O)cc31)[C@@H]2NC(=O)OCc1ccccc1.Cc1cccc(N)c1C(=O)Oc1ccc2c(c1)[C@@]1(C)CCCCC[C@@H](C2)[C@@H]1N.Cc1cccc(NC(=O)OCc2ccccc2)c1C(=O)O.Cc1cccc(NC(=O)OCc2ccccc2)c1C(=O)Oc1ccc2c(c1)[C@@]1(C)CCCCC[C@@H](C2)[C@@H]1NC(=O)OCc1ccccc1. The number of amides is 4. The van der Waals surface area contributed by atoms with Crippen LogP contribution < -0.4 is 42.2 Å². The number of aromatic carboxylic acids is 1. The number of carbonyl (C=O) groups is 7. The van der Waals surface area contributed by atoms with E-state index < -0.39 is 36.2 Å². The number of alkyl carbamates (subject to hydrolysis) is 2. The molecule has 652 valence electrons. The van der Waals surface area contributed by atoms with Gasteiger partial charge in [-0.15, -0.1) is 0 Å². The number of carbonyl (C=O) groups excluding carboxylic acids is 6. The maximum absolute atomic E-state index is 13.7. The molecule has 0 heterocycles. The number of esters is 2. The zero-order chi connectivity index (χ0) is 88.2. The third-order valence-corrected chi connectivity index (χ3v) is 26.2. The Balaban J connectivity index is 0.000000151. The van der Waals surface area contributed by atoms with Crippen LogP contribution in [0.3, 0.4) is 0 Å². The third-order valence-electron chi connectivity index (χ3n) is 26.2. The second-order valence-electron chi connectivity index (χ2n) is 34.8. The minimum Gasteiger partial charge on any atom is -0.508 e. The van der Waals surface area contributed by atoms with E-state index in [1.165, 1.54) is 72.4 Å². The molecule has 0 radical (unpaired) electrons. The highest BCUT2D eigenvalue weighted by molar-refractivity contribution is 6.02. The quantitative estimate of drug-likeness (QED) is 0.0182. The maximum Gasteiger partial charge on any atom is 0.411 e. The lowest BCUT2D eigenvalue weighted by Gasteiger charge is -2.49. The molecule has 4 amide bonds. The number of rotatable bonds is 17. The maximum atomic E-state index is 13.7. The zero-order valence-electron chi connectivity index (χ0n) is 72.3. The number of hydrogen-bond donors (Lipinski definition) is 8. The fraction of sp³-hybridized carbons (Fsp3) is 0.356. The molecule has 21 heteroatoms. The van der Waals surface area contributed by atoms with E-state index in [2.05, 4.69) is 54.2 Å². The molecule has 21 nitrogen and oxygen atoms in total. The van der Waals surface area contributed by atoms with Gasteiger partial charge in [0.25, 0.3) is 0 Å². The fourth-order valence-electron chi connectivity index (χ4n) is 19.6. The lowest BCUT2D eigenvalue weighted by molar-refractivity contribution is 0.0692. The number of phenolic OH excluding ortho intramolecular Hbond substituents is 1. The minimum atomic E-state index is -1.09. The number of anilines is 3. The number of carboxylic acids is 1. The molecule has 0 aromatic heterocycles. The standard InChI is InChI=1S/C40H42N2O6.C24H30N2O2.C24H29NO3.C16H15NO4/c1-27-13-12-19-34(41-38(44)46-25-28-14-6-3-7-15-28)35(27)37(43)48-32-21-20-30-23-31-18-10-5-11-22-40(2,33(30)24-32)36(31)42-39(45)47-26-29-16-8-4-9-17-29;1-15-7-6-9-20(25)21(15)23(27)28-18-11-10-16-13-17-8-4-3-5-12-24(2,22(17)26)19(16)14-18;1-24-13-7-3-6-10-19(14-18-11-12-20(26)15-21(18)24)22(24)25-23(27)28-16-17-8-4-2-5-9-17;1-11-6-5-9-13(14(11)15(18)19)17-16(20)21-10-12-7-3-2-4-8-12/h3-4,6-9,12-17,19-21,24,31,36H,5,10-11,18,22-23,25-26H2,1-2H3,(H,41,44)(H,42,45);6-7,9-11,14,17,22H,3-5,8,12-13,25-26H2,1-2H3;2,4-5,8-9,11-12,15,19,22,26H,3,6-7,10,13-14,16H2,1H3,(H,25,27);2-9H,10H2,1H3,(H,17,20)(H,18,19)/t31-,36-,40+;17-,22-,24+;19-,22-,24+;/m000./s1. The van der Waals surface area contributed by atoms with Crippen LogP contribution in [0.25, 0.3) is 0 Å². The molecule has 6 aliphatic carbocycles. The van der Waals surface area contributed by atoms with Gasteiger partial charge in [-0.2, -0.15) is 0 Å². The summed E-state index contributed by atoms with van der Waals surface area (Å²) in [6.45, 7) is 12.8. The van der Waals surface area contributed by atoms with Crippen molar-refractivity contribution >= 4 is 59.3 Å². The van der Waals surface area contributed by atoms with Crippen LogP contribution in [0.2, 0.25) is 0 Å². The van der Waals surface area contributed by atoms with Crippen LogP contribution in [0.15, 0.2) is 231 Å². The predicted molar refractivity (Wildman–Crippen MR) is 484 cm³/mol. The molecule has 3 fully saturated rings. The molecule has 0 unspecified atom stereocenters. The molecule has 0 aliphatic heterocycles. The molecule has 6 aliphatic rings. The number of nitrogen functional groups attached to an aromatic ring is 1. The summed E-state index contributed by atoms with van der Waals surface area (Å²) in [5, 5.41) is 30.9. The highest BCUT2D eigenvalue weighted by Crippen LogP contribution is 2.51. The Morgan fingerprint density at radius 3 is 1.17 bits per heavy atom. The molecule has 0 saturated heterocycles. The van der Waals surface area contributed by atoms with Crippen molar-refractivity contribution in [2.45, 2.75) is 218 Å². The Morgan fingerprint density at radius 1 is 0.384 bits per heavy atom. The summed E-state index contributed by atoms with van der Waals surface area (Å²) < 4.78 is 33.4. The smallest absolute Gasteiger partial charge is 0.411 e. The molecule has 125 heavy (non-hydrogen) atoms. The van der Waals surface area contributed by atoms with Crippen molar-refractivity contribution in [3.05, 3.63) is 320 Å². The zero-order valence-corrected chi connectivity index (χ0v) is 72.3. The third kappa shape index (κ3) is 22.4. The first-order chi connectivity index (χ1) is 60.3. The monoisotopic (exact) mass is 1690 g/mol. The van der Waals surface area contributed by atoms with Gasteiger partial charge in [-0.05, 0) is 223 Å². The van der Waals surface area contributed by atoms with Crippen LogP contribution in [0, 0.1) is 38.5 Å². The molecule has 6 bridgehead atoms. The number of ether oxygens (including phenoxy) is 6. The number of aromatic hydroxyl groups is 1. The number of carboxylic acid groups (broad SMARTS) is 1. The first-order valence-corrected chi connectivity index (χ1v) is 43.8. The van der Waals surface area contributed by atoms with Crippen molar-refractivity contribution in [1.29, 1.82) is 0 Å². The largest absolute Gasteiger partial charge is 0.508 e. The molecule has 9 atom stereocenters. The summed E-state index contributed by atoms with van der Waals surface area (Å²) in [6.07, 6.45) is 17.5. The van der Waals surface area contributed by atoms with Crippen molar-refractivity contribution in [2.24, 2.45) is 23.5 Å². The van der Waals surface area contributed by atoms with Gasteiger partial charge in [-0.1, -0.05) is 254 Å². The Bertz CT molecular complexity index is 5420. The van der Waals surface area contributed by atoms with Gasteiger partial charge in [-0.3, -0.25) is 10.6 Å². The summed E-state index contributed by atoms with van der Waals surface area (Å²) in [5.74, 6) is 0.398. The van der Waals surface area contributed by atoms with Gasteiger partial charge >= 0.3 is 42.3 Å². The Morgan fingerprint density at radius 2 is 0.736 bits per heavy atom. The molecule has 10 aromatic carbocycles. The number of phenols is 1. The predicted octanol–water partition coefficient (Wildman–Crippen LogP) is 21.7. The van der Waals surface area contributed by atoms with Crippen molar-refractivity contribution < 1.29 is 72.2 Å². The summed E-state index contributed by atoms with van der Waals surface area (Å²) in [4.78, 5) is 87.9. The molecule has 10 N–H and O–H groups in total. The number of benzene rings is 10. The molecule has 16 rings (SSSR count). The van der Waals surface area contributed by atoms with E-state index >= 15 is 0 Å². The Labute approximate surface area is 732 Å². The van der Waals surface area contributed by atoms with E-state index in [-0.39, 0.29) is 89.6 Å². The van der Waals surface area contributed by atoms with Gasteiger partial charge < -0.3 is 60.7 Å². The highest BCUT2D eigenvalue weighted by Gasteiger charge is 2.49. The van der Waals surface area contributed by atoms with Gasteiger partial charge in [0.05, 0.1) is 28.1 Å². The second-order valence-corrected chi connectivity index (χ2v) is 34.8. The molecule has 3 saturated carbocycles. The first kappa shape index (κ1) is 90.0. The van der Waals surface area contributed by atoms with Gasteiger partial charge in [-0.25, -0.2) is 33.6 Å². The molecule has 0 spiro atoms. The molecule has 10 aromatic rings. The van der Waals surface area contributed by atoms with Crippen LogP contribution >= 0.6 is 0 Å². The number of nitrogens with two attached hydrogens (primary N) is 2. The van der Waals surface area contributed by atoms with Crippen LogP contribution in [0.1, 0.15) is 220 Å². The number of nitrogens with one attached hydrogen (secondary N) is 4. The van der Waals surface area contributed by atoms with Crippen LogP contribution in [-0.2, 0) is 80.9 Å². The highest BCUT2D eigenvalue weighted by atomic mass is 16.6. The first-order valence-electron chi connectivity index (χ1n) is 43.8. The van der Waals surface area contributed by atoms with E-state index in [4.69, 9.17) is 39.9 Å². The second kappa shape index (κ2) is 41.6. The average Bonchev–Trinajstić information content (AvgIpc) is 0.751. The topological polar surface area (TPSA) is 315 Å². The van der Waals surface area contributed by atoms with E-state index in [9.17, 15) is 43.8 Å². The van der Waals surface area contributed by atoms with E-state index in [1.807, 2.05) is 177 Å². The summed E-state index contributed by atoms with van der Waals surface area (Å²) in [5.41, 5.74) is 26.9. The minimum absolute atomic E-state index is 0.0189. The summed E-state index contributed by atoms with van der Waals surface area (Å²) >= 11 is 0. The Hall–Kier alpha value is -12.8. The van der Waals surface area contributed by atoms with Crippen molar-refractivity contribution in [2.75, 3.05) is 16.4 Å². The number of hydrogen-bond acceptors (Lipinski definition) is 16. The van der Waals surface area contributed by atoms with Gasteiger partial charge in [0.1, 0.15) is 43.7 Å². The van der Waals surface area contributed by atoms with E-state index in [1.54, 1.807) is 56.3 Å². The van der Waals surface area contributed by atoms with Gasteiger partial charge in [0.15, 0.2) is 0 Å². The van der Waals surface area contributed by atoms with Gasteiger partial charge in [0, 0.05) is 40.1 Å². The lowest BCUT2D eigenvalue weighted by atomic mass is 9.59. The van der Waals surface area contributed by atoms with E-state index in [0.717, 1.165) is 110 Å². The van der Waals surface area contributed by atoms with Crippen molar-refractivity contribution in [3.63, 3.8) is 0 Å².